The Balaban J connectivity index is 1.38. The number of benzene rings is 1. The van der Waals surface area contributed by atoms with Crippen LogP contribution in [0.15, 0.2) is 28.7 Å². The zero-order chi connectivity index (χ0) is 18.1. The highest BCUT2D eigenvalue weighted by atomic mass is 16.4. The second kappa shape index (κ2) is 6.90. The molecular formula is C19H22N4O3. The van der Waals surface area contributed by atoms with Gasteiger partial charge in [0.2, 0.25) is 17.7 Å². The van der Waals surface area contributed by atoms with Crippen molar-refractivity contribution in [2.24, 2.45) is 0 Å². The fourth-order valence-electron chi connectivity index (χ4n) is 3.69. The van der Waals surface area contributed by atoms with Crippen molar-refractivity contribution in [3.05, 3.63) is 41.6 Å². The molecule has 2 amide bonds. The molecule has 26 heavy (non-hydrogen) atoms. The van der Waals surface area contributed by atoms with Crippen molar-refractivity contribution in [3.63, 3.8) is 0 Å². The van der Waals surface area contributed by atoms with E-state index in [2.05, 4.69) is 10.2 Å². The smallest absolute Gasteiger partial charge is 0.253 e. The van der Waals surface area contributed by atoms with Crippen LogP contribution in [0.3, 0.4) is 0 Å². The summed E-state index contributed by atoms with van der Waals surface area (Å²) >= 11 is 0. The zero-order valence-corrected chi connectivity index (χ0v) is 14.9. The van der Waals surface area contributed by atoms with Crippen LogP contribution < -0.4 is 4.90 Å². The number of rotatable bonds is 3. The highest BCUT2D eigenvalue weighted by Gasteiger charge is 2.28. The van der Waals surface area contributed by atoms with Gasteiger partial charge in [-0.1, -0.05) is 0 Å². The van der Waals surface area contributed by atoms with E-state index in [1.807, 2.05) is 29.2 Å². The van der Waals surface area contributed by atoms with Crippen LogP contribution in [-0.4, -0.2) is 46.5 Å². The Bertz CT molecular complexity index is 806. The lowest BCUT2D eigenvalue weighted by Gasteiger charge is -2.30. The summed E-state index contributed by atoms with van der Waals surface area (Å²) in [6.07, 6.45) is 3.16. The quantitative estimate of drug-likeness (QED) is 0.846. The number of carbonyl (C=O) groups is 2. The van der Waals surface area contributed by atoms with Gasteiger partial charge in [0.05, 0.1) is 0 Å². The predicted octanol–water partition coefficient (Wildman–Crippen LogP) is 2.52. The van der Waals surface area contributed by atoms with E-state index in [0.29, 0.717) is 36.9 Å². The predicted molar refractivity (Wildman–Crippen MR) is 94.9 cm³/mol. The van der Waals surface area contributed by atoms with Crippen LogP contribution in [0.25, 0.3) is 0 Å². The Morgan fingerprint density at radius 3 is 2.42 bits per heavy atom. The van der Waals surface area contributed by atoms with E-state index in [9.17, 15) is 9.59 Å². The third-order valence-electron chi connectivity index (χ3n) is 5.17. The van der Waals surface area contributed by atoms with E-state index < -0.39 is 0 Å². The van der Waals surface area contributed by atoms with Gasteiger partial charge in [-0.25, -0.2) is 0 Å². The molecule has 7 nitrogen and oxygen atoms in total. The monoisotopic (exact) mass is 354 g/mol. The van der Waals surface area contributed by atoms with Crippen molar-refractivity contribution in [1.82, 2.24) is 15.1 Å². The lowest BCUT2D eigenvalue weighted by atomic mass is 9.96. The SMILES string of the molecule is Cc1nnc(C2CCN(C(=O)c3ccc(N4CCCC4=O)cc3)CC2)o1. The van der Waals surface area contributed by atoms with Crippen LogP contribution in [0.2, 0.25) is 0 Å². The Morgan fingerprint density at radius 1 is 1.12 bits per heavy atom. The number of nitrogens with zero attached hydrogens (tertiary/aromatic N) is 4. The van der Waals surface area contributed by atoms with Gasteiger partial charge in [0, 0.05) is 50.1 Å². The second-order valence-corrected chi connectivity index (χ2v) is 6.92. The summed E-state index contributed by atoms with van der Waals surface area (Å²) in [5, 5.41) is 7.98. The van der Waals surface area contributed by atoms with Crippen molar-refractivity contribution in [2.75, 3.05) is 24.5 Å². The molecule has 2 aromatic rings. The molecule has 0 atom stereocenters. The summed E-state index contributed by atoms with van der Waals surface area (Å²) in [6.45, 7) is 3.90. The van der Waals surface area contributed by atoms with Crippen LogP contribution in [0.1, 0.15) is 53.7 Å². The van der Waals surface area contributed by atoms with Crippen molar-refractivity contribution >= 4 is 17.5 Å². The van der Waals surface area contributed by atoms with E-state index in [-0.39, 0.29) is 17.7 Å². The largest absolute Gasteiger partial charge is 0.425 e. The van der Waals surface area contributed by atoms with Crippen LogP contribution in [0.4, 0.5) is 5.69 Å². The van der Waals surface area contributed by atoms with Gasteiger partial charge < -0.3 is 14.2 Å². The highest BCUT2D eigenvalue weighted by molar-refractivity contribution is 5.97. The van der Waals surface area contributed by atoms with Crippen LogP contribution in [-0.2, 0) is 4.79 Å². The average molecular weight is 354 g/mol. The van der Waals surface area contributed by atoms with Crippen molar-refractivity contribution in [3.8, 4) is 0 Å². The molecule has 2 saturated heterocycles. The molecule has 4 rings (SSSR count). The Morgan fingerprint density at radius 2 is 1.85 bits per heavy atom. The van der Waals surface area contributed by atoms with Crippen LogP contribution in [0, 0.1) is 6.92 Å². The normalized spacial score (nSPS) is 18.6. The first-order valence-corrected chi connectivity index (χ1v) is 9.11. The van der Waals surface area contributed by atoms with Crippen molar-refractivity contribution in [1.29, 1.82) is 0 Å². The topological polar surface area (TPSA) is 79.5 Å². The molecule has 2 fully saturated rings. The fourth-order valence-corrected chi connectivity index (χ4v) is 3.69. The van der Waals surface area contributed by atoms with Crippen LogP contribution >= 0.6 is 0 Å². The summed E-state index contributed by atoms with van der Waals surface area (Å²) in [4.78, 5) is 28.2. The van der Waals surface area contributed by atoms with Crippen LogP contribution in [0.5, 0.6) is 0 Å². The Kier molecular flexibility index (Phi) is 4.44. The molecule has 7 heteroatoms. The van der Waals surface area contributed by atoms with Gasteiger partial charge in [0.25, 0.3) is 5.91 Å². The molecule has 0 radical (unpaired) electrons. The first kappa shape index (κ1) is 16.8. The number of anilines is 1. The molecule has 0 bridgehead atoms. The van der Waals surface area contributed by atoms with E-state index >= 15 is 0 Å². The molecule has 0 unspecified atom stereocenters. The molecular weight excluding hydrogens is 332 g/mol. The minimum Gasteiger partial charge on any atom is -0.425 e. The standard InChI is InChI=1S/C19H22N4O3/c1-13-20-21-18(26-13)14-8-11-22(12-9-14)19(25)15-4-6-16(7-5-15)23-10-2-3-17(23)24/h4-7,14H,2-3,8-12H2,1H3. The zero-order valence-electron chi connectivity index (χ0n) is 14.9. The minimum absolute atomic E-state index is 0.0319. The molecule has 2 aliphatic rings. The van der Waals surface area contributed by atoms with Crippen molar-refractivity contribution in [2.45, 2.75) is 38.5 Å². The molecule has 1 aromatic carbocycles. The summed E-state index contributed by atoms with van der Waals surface area (Å²) < 4.78 is 5.52. The molecule has 0 aliphatic carbocycles. The highest BCUT2D eigenvalue weighted by Crippen LogP contribution is 2.28. The third-order valence-corrected chi connectivity index (χ3v) is 5.17. The average Bonchev–Trinajstić information content (AvgIpc) is 3.30. The first-order valence-electron chi connectivity index (χ1n) is 9.11. The second-order valence-electron chi connectivity index (χ2n) is 6.92. The number of hydrogen-bond acceptors (Lipinski definition) is 5. The molecule has 0 N–H and O–H groups in total. The number of aromatic nitrogens is 2. The number of likely N-dealkylation sites (tertiary alicyclic amines) is 1. The molecule has 136 valence electrons. The maximum Gasteiger partial charge on any atom is 0.253 e. The maximum absolute atomic E-state index is 12.7. The maximum atomic E-state index is 12.7. The number of aryl methyl sites for hydroxylation is 1. The molecule has 0 spiro atoms. The van der Waals surface area contributed by atoms with E-state index in [0.717, 1.165) is 31.5 Å². The summed E-state index contributed by atoms with van der Waals surface area (Å²) in [6, 6.07) is 7.36. The first-order chi connectivity index (χ1) is 12.6. The molecule has 0 saturated carbocycles. The lowest BCUT2D eigenvalue weighted by molar-refractivity contribution is -0.117. The Labute approximate surface area is 152 Å². The molecule has 2 aliphatic heterocycles. The van der Waals surface area contributed by atoms with Gasteiger partial charge in [-0.3, -0.25) is 9.59 Å². The van der Waals surface area contributed by atoms with E-state index in [1.165, 1.54) is 0 Å². The van der Waals surface area contributed by atoms with E-state index in [4.69, 9.17) is 4.42 Å². The van der Waals surface area contributed by atoms with E-state index in [1.54, 1.807) is 11.8 Å². The number of piperidine rings is 1. The Hall–Kier alpha value is -2.70. The number of hydrogen-bond donors (Lipinski definition) is 0. The lowest BCUT2D eigenvalue weighted by Crippen LogP contribution is -2.38. The summed E-state index contributed by atoms with van der Waals surface area (Å²) in [5.41, 5.74) is 1.53. The summed E-state index contributed by atoms with van der Waals surface area (Å²) in [7, 11) is 0. The number of amides is 2. The van der Waals surface area contributed by atoms with Gasteiger partial charge in [0.15, 0.2) is 0 Å². The van der Waals surface area contributed by atoms with Gasteiger partial charge in [0.1, 0.15) is 0 Å². The van der Waals surface area contributed by atoms with Gasteiger partial charge in [-0.05, 0) is 43.5 Å². The summed E-state index contributed by atoms with van der Waals surface area (Å²) in [5.74, 6) is 1.67. The molecule has 3 heterocycles. The van der Waals surface area contributed by atoms with Gasteiger partial charge in [-0.2, -0.15) is 0 Å². The molecule has 1 aromatic heterocycles. The third kappa shape index (κ3) is 3.21. The minimum atomic E-state index is 0.0319. The number of carbonyl (C=O) groups excluding carboxylic acids is 2. The van der Waals surface area contributed by atoms with Crippen molar-refractivity contribution < 1.29 is 14.0 Å². The fraction of sp³-hybridized carbons (Fsp3) is 0.474. The van der Waals surface area contributed by atoms with Gasteiger partial charge >= 0.3 is 0 Å². The van der Waals surface area contributed by atoms with Gasteiger partial charge in [-0.15, -0.1) is 10.2 Å².